The number of fused-ring (bicyclic) bond motifs is 2. The number of para-hydroxylation sites is 2. The molecule has 7 N–H and O–H groups in total. The van der Waals surface area contributed by atoms with E-state index in [0.717, 1.165) is 38.5 Å². The summed E-state index contributed by atoms with van der Waals surface area (Å²) in [7, 11) is 0. The number of carbonyl (C=O) groups is 6. The number of aromatic amines is 1. The van der Waals surface area contributed by atoms with Gasteiger partial charge in [-0.2, -0.15) is 12.6 Å². The van der Waals surface area contributed by atoms with Crippen LogP contribution in [-0.4, -0.2) is 142 Å². The van der Waals surface area contributed by atoms with Gasteiger partial charge in [0.05, 0.1) is 32.7 Å². The molecule has 5 rings (SSSR count). The van der Waals surface area contributed by atoms with Gasteiger partial charge in [0.1, 0.15) is 6.04 Å². The van der Waals surface area contributed by atoms with Gasteiger partial charge < -0.3 is 51.3 Å². The van der Waals surface area contributed by atoms with Crippen LogP contribution in [0.2, 0.25) is 0 Å². The lowest BCUT2D eigenvalue weighted by Gasteiger charge is -2.28. The average molecular weight is 952 g/mol. The third-order valence-corrected chi connectivity index (χ3v) is 11.5. The largest absolute Gasteiger partial charge is 0.361 e. The van der Waals surface area contributed by atoms with Crippen LogP contribution >= 0.6 is 12.6 Å². The SMILES string of the molecule is CCCN(CC(=O)NCCS)C(=O)C(Cc1cn(CC(C)(C)C)c2ccccc12)NC(=O)CNC(=O)CN(CCCN)C(=O)CN(CCc1c[nH]c2ccccc12)C(=O)CNCc1cccnc1. The van der Waals surface area contributed by atoms with E-state index in [2.05, 4.69) is 69.2 Å². The smallest absolute Gasteiger partial charge is 0.245 e. The summed E-state index contributed by atoms with van der Waals surface area (Å²) in [5.41, 5.74) is 10.5. The highest BCUT2D eigenvalue weighted by atomic mass is 32.1. The molecular weight excluding hydrogens is 883 g/mol. The maximum atomic E-state index is 14.4. The number of carbonyl (C=O) groups excluding carboxylic acids is 6. The predicted octanol–water partition coefficient (Wildman–Crippen LogP) is 3.03. The normalized spacial score (nSPS) is 11.9. The molecule has 5 aromatic rings. The first-order chi connectivity index (χ1) is 32.7. The Labute approximate surface area is 404 Å². The van der Waals surface area contributed by atoms with Gasteiger partial charge in [-0.3, -0.25) is 33.8 Å². The van der Waals surface area contributed by atoms with Crippen LogP contribution in [-0.2, 0) is 54.7 Å². The molecule has 1 unspecified atom stereocenters. The summed E-state index contributed by atoms with van der Waals surface area (Å²) in [6.45, 7) is 9.32. The lowest BCUT2D eigenvalue weighted by molar-refractivity contribution is -0.142. The third-order valence-electron chi connectivity index (χ3n) is 11.2. The molecule has 0 aliphatic heterocycles. The lowest BCUT2D eigenvalue weighted by Crippen LogP contribution is -2.54. The minimum Gasteiger partial charge on any atom is -0.361 e. The molecule has 0 bridgehead atoms. The van der Waals surface area contributed by atoms with Gasteiger partial charge in [0, 0.05) is 98.0 Å². The van der Waals surface area contributed by atoms with Crippen LogP contribution in [0.5, 0.6) is 0 Å². The fourth-order valence-electron chi connectivity index (χ4n) is 8.03. The highest BCUT2D eigenvalue weighted by Crippen LogP contribution is 2.27. The molecule has 6 amide bonds. The van der Waals surface area contributed by atoms with E-state index in [9.17, 15) is 28.8 Å². The molecular formula is C50H69N11O6S. The van der Waals surface area contributed by atoms with E-state index in [-0.39, 0.29) is 69.5 Å². The molecule has 0 aliphatic carbocycles. The molecule has 3 heterocycles. The molecule has 366 valence electrons. The van der Waals surface area contributed by atoms with E-state index in [4.69, 9.17) is 5.73 Å². The number of nitrogens with two attached hydrogens (primary N) is 1. The first-order valence-corrected chi connectivity index (χ1v) is 24.0. The molecule has 0 spiro atoms. The summed E-state index contributed by atoms with van der Waals surface area (Å²) in [6, 6.07) is 18.4. The van der Waals surface area contributed by atoms with Gasteiger partial charge in [0.15, 0.2) is 0 Å². The molecule has 17 nitrogen and oxygen atoms in total. The van der Waals surface area contributed by atoms with Crippen LogP contribution < -0.4 is 27.0 Å². The fraction of sp³-hybridized carbons (Fsp3) is 0.460. The highest BCUT2D eigenvalue weighted by Gasteiger charge is 2.30. The summed E-state index contributed by atoms with van der Waals surface area (Å²) >= 11 is 4.18. The number of hydrogen-bond acceptors (Lipinski definition) is 10. The van der Waals surface area contributed by atoms with E-state index in [1.807, 2.05) is 80.0 Å². The molecule has 1 atom stereocenters. The number of benzene rings is 2. The molecule has 0 saturated heterocycles. The summed E-state index contributed by atoms with van der Waals surface area (Å²) in [6.07, 6.45) is 8.88. The van der Waals surface area contributed by atoms with E-state index >= 15 is 0 Å². The van der Waals surface area contributed by atoms with Gasteiger partial charge >= 0.3 is 0 Å². The summed E-state index contributed by atoms with van der Waals surface area (Å²) < 4.78 is 2.15. The van der Waals surface area contributed by atoms with E-state index in [1.165, 1.54) is 14.7 Å². The Hall–Kier alpha value is -6.24. The zero-order valence-corrected chi connectivity index (χ0v) is 40.8. The van der Waals surface area contributed by atoms with Gasteiger partial charge in [-0.15, -0.1) is 0 Å². The quantitative estimate of drug-likeness (QED) is 0.0385. The van der Waals surface area contributed by atoms with Crippen molar-refractivity contribution in [2.24, 2.45) is 11.1 Å². The van der Waals surface area contributed by atoms with Crippen molar-refractivity contribution in [3.8, 4) is 0 Å². The number of amides is 6. The second kappa shape index (κ2) is 26.3. The number of nitrogens with one attached hydrogen (secondary N) is 5. The first-order valence-electron chi connectivity index (χ1n) is 23.4. The number of H-pyrrole nitrogens is 1. The number of rotatable bonds is 27. The second-order valence-corrected chi connectivity index (χ2v) is 18.6. The summed E-state index contributed by atoms with van der Waals surface area (Å²) in [5, 5.41) is 13.4. The molecule has 2 aromatic carbocycles. The highest BCUT2D eigenvalue weighted by molar-refractivity contribution is 7.80. The summed E-state index contributed by atoms with van der Waals surface area (Å²) in [5.74, 6) is -2.32. The monoisotopic (exact) mass is 952 g/mol. The van der Waals surface area contributed by atoms with E-state index in [0.29, 0.717) is 44.6 Å². The van der Waals surface area contributed by atoms with Crippen LogP contribution in [0.1, 0.15) is 57.2 Å². The van der Waals surface area contributed by atoms with Crippen molar-refractivity contribution in [2.45, 2.75) is 72.5 Å². The van der Waals surface area contributed by atoms with Crippen molar-refractivity contribution in [1.29, 1.82) is 0 Å². The molecule has 0 fully saturated rings. The third kappa shape index (κ3) is 16.2. The standard InChI is InChI=1S/C50H69N11O6S/c1-5-21-60(33-45(63)54-20-24-68)49(67)42(25-38-31-61(35-50(2,3)4)43-16-9-7-14-40(38)43)57-44(62)29-56-46(64)32-58(22-11-18-51)48(66)34-59(47(65)30-53-27-36-12-10-19-52-26-36)23-17-37-28-55-41-15-8-6-13-39(37)41/h6-10,12-16,19,26,28,31,42,53,55,68H,5,11,17-18,20-25,27,29-30,32-35,51H2,1-4H3,(H,54,63)(H,56,64)(H,57,62). The zero-order valence-electron chi connectivity index (χ0n) is 39.9. The minimum atomic E-state index is -1.08. The number of hydrogen-bond donors (Lipinski definition) is 7. The number of pyridine rings is 1. The Morgan fingerprint density at radius 2 is 1.53 bits per heavy atom. The summed E-state index contributed by atoms with van der Waals surface area (Å²) in [4.78, 5) is 94.0. The van der Waals surface area contributed by atoms with Crippen molar-refractivity contribution >= 4 is 69.9 Å². The van der Waals surface area contributed by atoms with Crippen LogP contribution in [0.3, 0.4) is 0 Å². The minimum absolute atomic E-state index is 0.0314. The van der Waals surface area contributed by atoms with Crippen LogP contribution in [0.4, 0.5) is 0 Å². The van der Waals surface area contributed by atoms with Gasteiger partial charge in [-0.1, -0.05) is 70.2 Å². The van der Waals surface area contributed by atoms with Gasteiger partial charge in [0.25, 0.3) is 0 Å². The Morgan fingerprint density at radius 3 is 2.25 bits per heavy atom. The van der Waals surface area contributed by atoms with Crippen LogP contribution in [0.15, 0.2) is 85.5 Å². The Bertz CT molecular complexity index is 2450. The van der Waals surface area contributed by atoms with Crippen molar-refractivity contribution < 1.29 is 28.8 Å². The van der Waals surface area contributed by atoms with Crippen molar-refractivity contribution in [2.75, 3.05) is 71.2 Å². The zero-order chi connectivity index (χ0) is 49.1. The number of nitrogens with zero attached hydrogens (tertiary/aromatic N) is 5. The maximum absolute atomic E-state index is 14.4. The fourth-order valence-corrected chi connectivity index (χ4v) is 8.15. The molecule has 68 heavy (non-hydrogen) atoms. The van der Waals surface area contributed by atoms with E-state index in [1.54, 1.807) is 12.4 Å². The second-order valence-electron chi connectivity index (χ2n) is 18.1. The van der Waals surface area contributed by atoms with Gasteiger partial charge in [0.2, 0.25) is 35.4 Å². The van der Waals surface area contributed by atoms with Crippen molar-refractivity contribution in [3.05, 3.63) is 102 Å². The lowest BCUT2D eigenvalue weighted by atomic mass is 9.97. The van der Waals surface area contributed by atoms with Crippen molar-refractivity contribution in [1.82, 2.24) is 50.5 Å². The molecule has 18 heteroatoms. The number of thiol groups is 1. The molecule has 3 aromatic heterocycles. The molecule has 0 aliphatic rings. The first kappa shape index (κ1) is 52.7. The Balaban J connectivity index is 1.28. The number of aromatic nitrogens is 3. The van der Waals surface area contributed by atoms with Crippen molar-refractivity contribution in [3.63, 3.8) is 0 Å². The maximum Gasteiger partial charge on any atom is 0.245 e. The topological polar surface area (TPSA) is 220 Å². The Kier molecular flexibility index (Phi) is 20.4. The average Bonchev–Trinajstić information content (AvgIpc) is 3.89. The van der Waals surface area contributed by atoms with E-state index < -0.39 is 42.8 Å². The van der Waals surface area contributed by atoms with Gasteiger partial charge in [-0.05, 0) is 66.1 Å². The molecule has 0 radical (unpaired) electrons. The predicted molar refractivity (Wildman–Crippen MR) is 269 cm³/mol. The van der Waals surface area contributed by atoms with Crippen LogP contribution in [0.25, 0.3) is 21.8 Å². The Morgan fingerprint density at radius 1 is 0.809 bits per heavy atom. The van der Waals surface area contributed by atoms with Crippen LogP contribution in [0, 0.1) is 5.41 Å². The molecule has 0 saturated carbocycles. The van der Waals surface area contributed by atoms with Gasteiger partial charge in [-0.25, -0.2) is 0 Å².